The summed E-state index contributed by atoms with van der Waals surface area (Å²) in [5, 5.41) is 3.83. The van der Waals surface area contributed by atoms with Crippen LogP contribution in [-0.2, 0) is 16.1 Å². The van der Waals surface area contributed by atoms with Crippen LogP contribution in [0.3, 0.4) is 0 Å². The minimum absolute atomic E-state index is 0.119. The van der Waals surface area contributed by atoms with Crippen molar-refractivity contribution in [2.75, 3.05) is 13.2 Å². The first-order valence-corrected chi connectivity index (χ1v) is 11.3. The quantitative estimate of drug-likeness (QED) is 0.452. The van der Waals surface area contributed by atoms with Crippen LogP contribution in [0, 0.1) is 6.92 Å². The standard InChI is InChI=1S/C24H30Cl2N2O3/c1-4-6-13-27-24(30)22(5-2)28(15-19-20(25)11-8-12-21(19)26)23(29)16-31-18-10-7-9-17(3)14-18/h7-12,14,22H,4-6,13,15-16H2,1-3H3,(H,27,30). The average molecular weight is 465 g/mol. The number of ether oxygens (including phenoxy) is 1. The van der Waals surface area contributed by atoms with E-state index in [1.54, 1.807) is 24.3 Å². The molecule has 7 heteroatoms. The maximum atomic E-state index is 13.2. The Kier molecular flexibility index (Phi) is 10.2. The van der Waals surface area contributed by atoms with E-state index in [-0.39, 0.29) is 25.0 Å². The first-order chi connectivity index (χ1) is 14.9. The molecule has 0 saturated carbocycles. The number of unbranched alkanes of at least 4 members (excludes halogenated alkanes) is 1. The fraction of sp³-hybridized carbons (Fsp3) is 0.417. The second-order valence-corrected chi connectivity index (χ2v) is 8.21. The number of rotatable bonds is 11. The zero-order chi connectivity index (χ0) is 22.8. The lowest BCUT2D eigenvalue weighted by molar-refractivity contribution is -0.143. The van der Waals surface area contributed by atoms with Crippen LogP contribution >= 0.6 is 23.2 Å². The third kappa shape index (κ3) is 7.44. The van der Waals surface area contributed by atoms with Gasteiger partial charge in [-0.3, -0.25) is 9.59 Å². The smallest absolute Gasteiger partial charge is 0.261 e. The maximum Gasteiger partial charge on any atom is 0.261 e. The van der Waals surface area contributed by atoms with E-state index in [1.807, 2.05) is 32.0 Å². The molecule has 0 spiro atoms. The Morgan fingerprint density at radius 3 is 2.39 bits per heavy atom. The van der Waals surface area contributed by atoms with Crippen LogP contribution in [0.25, 0.3) is 0 Å². The summed E-state index contributed by atoms with van der Waals surface area (Å²) < 4.78 is 5.71. The Bertz CT molecular complexity index is 869. The molecule has 0 bridgehead atoms. The van der Waals surface area contributed by atoms with Crippen LogP contribution in [-0.4, -0.2) is 35.9 Å². The van der Waals surface area contributed by atoms with Crippen LogP contribution in [0.15, 0.2) is 42.5 Å². The number of aryl methyl sites for hydroxylation is 1. The first-order valence-electron chi connectivity index (χ1n) is 10.6. The highest BCUT2D eigenvalue weighted by Crippen LogP contribution is 2.27. The van der Waals surface area contributed by atoms with Gasteiger partial charge in [-0.05, 0) is 49.6 Å². The Morgan fingerprint density at radius 2 is 1.77 bits per heavy atom. The summed E-state index contributed by atoms with van der Waals surface area (Å²) in [5.41, 5.74) is 1.64. The summed E-state index contributed by atoms with van der Waals surface area (Å²) in [4.78, 5) is 27.6. The number of carbonyl (C=O) groups excluding carboxylic acids is 2. The molecule has 0 heterocycles. The second-order valence-electron chi connectivity index (χ2n) is 7.40. The van der Waals surface area contributed by atoms with Gasteiger partial charge in [0.25, 0.3) is 5.91 Å². The molecule has 2 amide bonds. The van der Waals surface area contributed by atoms with E-state index in [0.29, 0.717) is 34.3 Å². The number of hydrogen-bond donors (Lipinski definition) is 1. The van der Waals surface area contributed by atoms with Crippen molar-refractivity contribution < 1.29 is 14.3 Å². The van der Waals surface area contributed by atoms with Gasteiger partial charge in [-0.1, -0.05) is 61.7 Å². The zero-order valence-electron chi connectivity index (χ0n) is 18.3. The second kappa shape index (κ2) is 12.6. The fourth-order valence-corrected chi connectivity index (χ4v) is 3.73. The van der Waals surface area contributed by atoms with E-state index in [4.69, 9.17) is 27.9 Å². The molecule has 1 atom stereocenters. The summed E-state index contributed by atoms with van der Waals surface area (Å²) in [6.45, 7) is 6.38. The van der Waals surface area contributed by atoms with Gasteiger partial charge < -0.3 is 15.0 Å². The monoisotopic (exact) mass is 464 g/mol. The largest absolute Gasteiger partial charge is 0.484 e. The van der Waals surface area contributed by atoms with Gasteiger partial charge in [0.05, 0.1) is 0 Å². The Hall–Kier alpha value is -2.24. The van der Waals surface area contributed by atoms with Gasteiger partial charge in [-0.25, -0.2) is 0 Å². The highest BCUT2D eigenvalue weighted by atomic mass is 35.5. The van der Waals surface area contributed by atoms with Gasteiger partial charge >= 0.3 is 0 Å². The number of carbonyl (C=O) groups is 2. The van der Waals surface area contributed by atoms with Crippen molar-refractivity contribution in [3.05, 3.63) is 63.6 Å². The molecule has 0 radical (unpaired) electrons. The highest BCUT2D eigenvalue weighted by molar-refractivity contribution is 6.36. The topological polar surface area (TPSA) is 58.6 Å². The van der Waals surface area contributed by atoms with Crippen LogP contribution in [0.4, 0.5) is 0 Å². The van der Waals surface area contributed by atoms with E-state index < -0.39 is 6.04 Å². The molecule has 2 aromatic rings. The molecule has 0 aromatic heterocycles. The molecule has 0 fully saturated rings. The molecule has 1 N–H and O–H groups in total. The predicted octanol–water partition coefficient (Wildman–Crippen LogP) is 5.40. The van der Waals surface area contributed by atoms with Crippen molar-refractivity contribution in [1.82, 2.24) is 10.2 Å². The van der Waals surface area contributed by atoms with E-state index >= 15 is 0 Å². The predicted molar refractivity (Wildman–Crippen MR) is 126 cm³/mol. The van der Waals surface area contributed by atoms with E-state index in [9.17, 15) is 9.59 Å². The third-order valence-corrected chi connectivity index (χ3v) is 5.67. The number of hydrogen-bond acceptors (Lipinski definition) is 3. The highest BCUT2D eigenvalue weighted by Gasteiger charge is 2.29. The van der Waals surface area contributed by atoms with Gasteiger partial charge in [0, 0.05) is 28.7 Å². The fourth-order valence-electron chi connectivity index (χ4n) is 3.21. The van der Waals surface area contributed by atoms with Crippen LogP contribution in [0.1, 0.15) is 44.2 Å². The van der Waals surface area contributed by atoms with Crippen LogP contribution in [0.2, 0.25) is 10.0 Å². The summed E-state index contributed by atoms with van der Waals surface area (Å²) in [5.74, 6) is 0.0996. The summed E-state index contributed by atoms with van der Waals surface area (Å²) in [6.07, 6.45) is 2.30. The first kappa shape index (κ1) is 25.0. The Balaban J connectivity index is 2.24. The van der Waals surface area contributed by atoms with Crippen LogP contribution < -0.4 is 10.1 Å². The third-order valence-electron chi connectivity index (χ3n) is 4.96. The zero-order valence-corrected chi connectivity index (χ0v) is 19.8. The molecule has 2 rings (SSSR count). The van der Waals surface area contributed by atoms with Crippen molar-refractivity contribution in [2.45, 2.75) is 52.6 Å². The van der Waals surface area contributed by atoms with Crippen molar-refractivity contribution in [3.63, 3.8) is 0 Å². The minimum atomic E-state index is -0.655. The molecule has 1 unspecified atom stereocenters. The molecular weight excluding hydrogens is 435 g/mol. The number of benzene rings is 2. The van der Waals surface area contributed by atoms with E-state index in [1.165, 1.54) is 4.90 Å². The number of halogens is 2. The normalized spacial score (nSPS) is 11.6. The van der Waals surface area contributed by atoms with Crippen molar-refractivity contribution in [2.24, 2.45) is 0 Å². The molecule has 0 aliphatic carbocycles. The van der Waals surface area contributed by atoms with Crippen molar-refractivity contribution in [1.29, 1.82) is 0 Å². The molecule has 5 nitrogen and oxygen atoms in total. The number of nitrogens with one attached hydrogen (secondary N) is 1. The van der Waals surface area contributed by atoms with Crippen molar-refractivity contribution in [3.8, 4) is 5.75 Å². The summed E-state index contributed by atoms with van der Waals surface area (Å²) in [7, 11) is 0. The maximum absolute atomic E-state index is 13.2. The lowest BCUT2D eigenvalue weighted by atomic mass is 10.1. The molecule has 0 aliphatic rings. The minimum Gasteiger partial charge on any atom is -0.484 e. The SMILES string of the molecule is CCCCNC(=O)C(CC)N(Cc1c(Cl)cccc1Cl)C(=O)COc1cccc(C)c1. The lowest BCUT2D eigenvalue weighted by Crippen LogP contribution is -2.50. The van der Waals surface area contributed by atoms with Crippen molar-refractivity contribution >= 4 is 35.0 Å². The molecule has 168 valence electrons. The molecule has 0 saturated heterocycles. The summed E-state index contributed by atoms with van der Waals surface area (Å²) >= 11 is 12.7. The van der Waals surface area contributed by atoms with Gasteiger partial charge in [-0.15, -0.1) is 0 Å². The van der Waals surface area contributed by atoms with E-state index in [0.717, 1.165) is 18.4 Å². The average Bonchev–Trinajstić information content (AvgIpc) is 2.74. The van der Waals surface area contributed by atoms with Gasteiger partial charge in [0.1, 0.15) is 11.8 Å². The van der Waals surface area contributed by atoms with E-state index in [2.05, 4.69) is 12.2 Å². The number of nitrogens with zero attached hydrogens (tertiary/aromatic N) is 1. The van der Waals surface area contributed by atoms with Gasteiger partial charge in [0.2, 0.25) is 5.91 Å². The number of amides is 2. The molecule has 0 aliphatic heterocycles. The lowest BCUT2D eigenvalue weighted by Gasteiger charge is -2.31. The Labute approximate surface area is 194 Å². The van der Waals surface area contributed by atoms with Gasteiger partial charge in [0.15, 0.2) is 6.61 Å². The Morgan fingerprint density at radius 1 is 1.10 bits per heavy atom. The van der Waals surface area contributed by atoms with Crippen LogP contribution in [0.5, 0.6) is 5.75 Å². The molecule has 31 heavy (non-hydrogen) atoms. The van der Waals surface area contributed by atoms with Gasteiger partial charge in [-0.2, -0.15) is 0 Å². The molecular formula is C24H30Cl2N2O3. The summed E-state index contributed by atoms with van der Waals surface area (Å²) in [6, 6.07) is 12.0. The molecule has 2 aromatic carbocycles.